The van der Waals surface area contributed by atoms with Crippen LogP contribution in [0.4, 0.5) is 4.39 Å². The van der Waals surface area contributed by atoms with E-state index in [0.717, 1.165) is 24.8 Å². The fraction of sp³-hybridized carbons (Fsp3) is 0.588. The molecule has 20 heavy (non-hydrogen) atoms. The fourth-order valence-corrected chi connectivity index (χ4v) is 2.27. The van der Waals surface area contributed by atoms with Crippen LogP contribution in [0.25, 0.3) is 0 Å². The molecule has 0 spiro atoms. The van der Waals surface area contributed by atoms with Crippen LogP contribution in [-0.2, 0) is 15.1 Å². The first-order valence-corrected chi connectivity index (χ1v) is 7.29. The van der Waals surface area contributed by atoms with Crippen molar-refractivity contribution in [2.75, 3.05) is 0 Å². The van der Waals surface area contributed by atoms with E-state index in [4.69, 9.17) is 4.74 Å². The van der Waals surface area contributed by atoms with Gasteiger partial charge in [0.2, 0.25) is 0 Å². The van der Waals surface area contributed by atoms with Gasteiger partial charge in [0.1, 0.15) is 11.4 Å². The number of hydrogen-bond donors (Lipinski definition) is 0. The molecule has 1 atom stereocenters. The summed E-state index contributed by atoms with van der Waals surface area (Å²) in [6.07, 6.45) is 2.83. The van der Waals surface area contributed by atoms with Crippen molar-refractivity contribution in [1.29, 1.82) is 0 Å². The van der Waals surface area contributed by atoms with Gasteiger partial charge in [0.05, 0.1) is 5.41 Å². The van der Waals surface area contributed by atoms with Crippen molar-refractivity contribution in [3.05, 3.63) is 35.6 Å². The van der Waals surface area contributed by atoms with E-state index in [1.807, 2.05) is 27.7 Å². The van der Waals surface area contributed by atoms with E-state index in [1.54, 1.807) is 12.1 Å². The normalized spacial score (nSPS) is 18.4. The summed E-state index contributed by atoms with van der Waals surface area (Å²) in [5.41, 5.74) is -0.255. The summed E-state index contributed by atoms with van der Waals surface area (Å²) < 4.78 is 19.0. The van der Waals surface area contributed by atoms with E-state index >= 15 is 0 Å². The van der Waals surface area contributed by atoms with Crippen LogP contribution in [0.2, 0.25) is 0 Å². The van der Waals surface area contributed by atoms with Crippen LogP contribution in [0.15, 0.2) is 24.3 Å². The van der Waals surface area contributed by atoms with Crippen LogP contribution >= 0.6 is 0 Å². The first-order valence-electron chi connectivity index (χ1n) is 7.29. The number of benzene rings is 1. The summed E-state index contributed by atoms with van der Waals surface area (Å²) in [4.78, 5) is 12.4. The molecule has 2 nitrogen and oxygen atoms in total. The van der Waals surface area contributed by atoms with E-state index in [-0.39, 0.29) is 11.8 Å². The van der Waals surface area contributed by atoms with Gasteiger partial charge in [-0.3, -0.25) is 4.79 Å². The number of halogens is 1. The minimum atomic E-state index is -0.642. The molecule has 3 heteroatoms. The molecule has 1 aromatic carbocycles. The largest absolute Gasteiger partial charge is 0.454 e. The standard InChI is InChI=1S/C17H23FO2/c1-5-16(2,3)15(19)20-17(4,12-6-7-12)13-8-10-14(18)11-9-13/h8-12H,5-7H2,1-4H3. The highest BCUT2D eigenvalue weighted by molar-refractivity contribution is 5.76. The molecule has 0 bridgehead atoms. The second-order valence-corrected chi connectivity index (χ2v) is 6.52. The highest BCUT2D eigenvalue weighted by atomic mass is 19.1. The Morgan fingerprint density at radius 2 is 1.80 bits per heavy atom. The molecule has 110 valence electrons. The number of hydrogen-bond acceptors (Lipinski definition) is 2. The summed E-state index contributed by atoms with van der Waals surface area (Å²) in [7, 11) is 0. The second-order valence-electron chi connectivity index (χ2n) is 6.52. The maximum atomic E-state index is 13.1. The average molecular weight is 278 g/mol. The fourth-order valence-electron chi connectivity index (χ4n) is 2.27. The Kier molecular flexibility index (Phi) is 3.90. The third-order valence-corrected chi connectivity index (χ3v) is 4.51. The Morgan fingerprint density at radius 3 is 2.25 bits per heavy atom. The van der Waals surface area contributed by atoms with Gasteiger partial charge in [-0.05, 0) is 57.7 Å². The van der Waals surface area contributed by atoms with Crippen LogP contribution in [0.5, 0.6) is 0 Å². The van der Waals surface area contributed by atoms with E-state index in [9.17, 15) is 9.18 Å². The predicted octanol–water partition coefficient (Wildman–Crippen LogP) is 4.43. The van der Waals surface area contributed by atoms with Crippen LogP contribution in [-0.4, -0.2) is 5.97 Å². The molecule has 1 aromatic rings. The molecule has 1 aliphatic carbocycles. The first-order chi connectivity index (χ1) is 9.29. The maximum absolute atomic E-state index is 13.1. The zero-order valence-corrected chi connectivity index (χ0v) is 12.7. The van der Waals surface area contributed by atoms with Crippen molar-refractivity contribution in [3.8, 4) is 0 Å². The topological polar surface area (TPSA) is 26.3 Å². The maximum Gasteiger partial charge on any atom is 0.312 e. The predicted molar refractivity (Wildman–Crippen MR) is 76.6 cm³/mol. The van der Waals surface area contributed by atoms with Crippen molar-refractivity contribution < 1.29 is 13.9 Å². The second kappa shape index (κ2) is 5.19. The van der Waals surface area contributed by atoms with Gasteiger partial charge in [0.25, 0.3) is 0 Å². The zero-order valence-electron chi connectivity index (χ0n) is 12.7. The Labute approximate surface area is 120 Å². The van der Waals surface area contributed by atoms with Gasteiger partial charge in [-0.1, -0.05) is 19.1 Å². The van der Waals surface area contributed by atoms with Crippen molar-refractivity contribution >= 4 is 5.97 Å². The van der Waals surface area contributed by atoms with Crippen molar-refractivity contribution in [3.63, 3.8) is 0 Å². The zero-order chi connectivity index (χ0) is 15.0. The molecule has 1 aliphatic rings. The van der Waals surface area contributed by atoms with Crippen molar-refractivity contribution in [1.82, 2.24) is 0 Å². The van der Waals surface area contributed by atoms with Crippen molar-refractivity contribution in [2.24, 2.45) is 11.3 Å². The van der Waals surface area contributed by atoms with Crippen LogP contribution in [0.3, 0.4) is 0 Å². The summed E-state index contributed by atoms with van der Waals surface area (Å²) in [6, 6.07) is 6.29. The highest BCUT2D eigenvalue weighted by Crippen LogP contribution is 2.49. The minimum Gasteiger partial charge on any atom is -0.454 e. The number of carbonyl (C=O) groups is 1. The number of rotatable bonds is 5. The molecule has 2 rings (SSSR count). The molecule has 0 amide bonds. The van der Waals surface area contributed by atoms with Gasteiger partial charge < -0.3 is 4.74 Å². The smallest absolute Gasteiger partial charge is 0.312 e. The van der Waals surface area contributed by atoms with Crippen molar-refractivity contribution in [2.45, 2.75) is 52.6 Å². The summed E-state index contributed by atoms with van der Waals surface area (Å²) in [6.45, 7) is 7.72. The number of esters is 1. The molecule has 0 heterocycles. The van der Waals surface area contributed by atoms with Gasteiger partial charge >= 0.3 is 5.97 Å². The minimum absolute atomic E-state index is 0.182. The summed E-state index contributed by atoms with van der Waals surface area (Å²) in [5, 5.41) is 0. The van der Waals surface area contributed by atoms with Gasteiger partial charge in [0, 0.05) is 5.92 Å². The molecule has 0 aliphatic heterocycles. The lowest BCUT2D eigenvalue weighted by atomic mass is 9.87. The first kappa shape index (κ1) is 15.0. The summed E-state index contributed by atoms with van der Waals surface area (Å²) in [5.74, 6) is -0.115. The molecule has 1 unspecified atom stereocenters. The summed E-state index contributed by atoms with van der Waals surface area (Å²) >= 11 is 0. The monoisotopic (exact) mass is 278 g/mol. The SMILES string of the molecule is CCC(C)(C)C(=O)OC(C)(c1ccc(F)cc1)C1CC1. The molecular formula is C17H23FO2. The number of carbonyl (C=O) groups excluding carboxylic acids is 1. The lowest BCUT2D eigenvalue weighted by molar-refractivity contribution is -0.173. The molecule has 0 saturated heterocycles. The third-order valence-electron chi connectivity index (χ3n) is 4.51. The molecule has 1 saturated carbocycles. The quantitative estimate of drug-likeness (QED) is 0.745. The van der Waals surface area contributed by atoms with Crippen LogP contribution < -0.4 is 0 Å². The van der Waals surface area contributed by atoms with Crippen LogP contribution in [0, 0.1) is 17.2 Å². The Balaban J connectivity index is 2.26. The van der Waals surface area contributed by atoms with Gasteiger partial charge in [-0.25, -0.2) is 4.39 Å². The Bertz CT molecular complexity index is 488. The van der Waals surface area contributed by atoms with Gasteiger partial charge in [-0.2, -0.15) is 0 Å². The van der Waals surface area contributed by atoms with E-state index in [0.29, 0.717) is 5.92 Å². The molecule has 0 radical (unpaired) electrons. The molecule has 0 aromatic heterocycles. The van der Waals surface area contributed by atoms with Crippen LogP contribution in [0.1, 0.15) is 52.5 Å². The van der Waals surface area contributed by atoms with E-state index < -0.39 is 11.0 Å². The molecular weight excluding hydrogens is 255 g/mol. The highest BCUT2D eigenvalue weighted by Gasteiger charge is 2.47. The molecule has 0 N–H and O–H groups in total. The van der Waals surface area contributed by atoms with Gasteiger partial charge in [0.15, 0.2) is 0 Å². The van der Waals surface area contributed by atoms with Gasteiger partial charge in [-0.15, -0.1) is 0 Å². The Hall–Kier alpha value is -1.38. The Morgan fingerprint density at radius 1 is 1.25 bits per heavy atom. The average Bonchev–Trinajstić information content (AvgIpc) is 3.23. The lowest BCUT2D eigenvalue weighted by Crippen LogP contribution is -2.37. The third kappa shape index (κ3) is 2.87. The lowest BCUT2D eigenvalue weighted by Gasteiger charge is -2.34. The number of ether oxygens (including phenoxy) is 1. The van der Waals surface area contributed by atoms with E-state index in [2.05, 4.69) is 0 Å². The van der Waals surface area contributed by atoms with E-state index in [1.165, 1.54) is 12.1 Å². The molecule has 1 fully saturated rings.